The number of amides is 1. The number of aromatic nitrogens is 2. The zero-order valence-electron chi connectivity index (χ0n) is 15.8. The van der Waals surface area contributed by atoms with Gasteiger partial charge in [-0.3, -0.25) is 4.79 Å². The summed E-state index contributed by atoms with van der Waals surface area (Å²) in [7, 11) is 1.62. The van der Waals surface area contributed by atoms with Gasteiger partial charge in [-0.25, -0.2) is 4.68 Å². The van der Waals surface area contributed by atoms with E-state index in [0.717, 1.165) is 29.2 Å². The Kier molecular flexibility index (Phi) is 5.27. The number of carbonyl (C=O) groups excluding carboxylic acids is 1. The van der Waals surface area contributed by atoms with Crippen LogP contribution in [0, 0.1) is 13.8 Å². The van der Waals surface area contributed by atoms with Crippen molar-refractivity contribution in [1.29, 1.82) is 0 Å². The highest BCUT2D eigenvalue weighted by atomic mass is 19.4. The maximum Gasteiger partial charge on any atom is 0.416 e. The van der Waals surface area contributed by atoms with Gasteiger partial charge in [0, 0.05) is 24.8 Å². The topological polar surface area (TPSA) is 38.1 Å². The van der Waals surface area contributed by atoms with Gasteiger partial charge in [-0.05, 0) is 61.9 Å². The largest absolute Gasteiger partial charge is 0.416 e. The number of hydrogen-bond donors (Lipinski definition) is 0. The molecule has 0 saturated heterocycles. The first-order valence-corrected chi connectivity index (χ1v) is 8.70. The quantitative estimate of drug-likeness (QED) is 0.646. The molecule has 1 aromatic heterocycles. The molecule has 0 aliphatic carbocycles. The lowest BCUT2D eigenvalue weighted by molar-refractivity contribution is -0.137. The standard InChI is InChI=1S/C21H20F3N3O/c1-14-12-15(2)27(25-14)19-10-6-17(7-11-19)20(28)26(3)13-16-4-8-18(9-5-16)21(22,23)24/h4-12H,13H2,1-3H3. The summed E-state index contributed by atoms with van der Waals surface area (Å²) in [4.78, 5) is 14.1. The molecule has 0 aliphatic heterocycles. The zero-order chi connectivity index (χ0) is 20.5. The average molecular weight is 387 g/mol. The van der Waals surface area contributed by atoms with Crippen molar-refractivity contribution < 1.29 is 18.0 Å². The van der Waals surface area contributed by atoms with Gasteiger partial charge in [-0.15, -0.1) is 0 Å². The summed E-state index contributed by atoms with van der Waals surface area (Å²) >= 11 is 0. The number of benzene rings is 2. The molecule has 0 atom stereocenters. The molecule has 0 spiro atoms. The van der Waals surface area contributed by atoms with Crippen LogP contribution >= 0.6 is 0 Å². The molecule has 4 nitrogen and oxygen atoms in total. The molecule has 7 heteroatoms. The summed E-state index contributed by atoms with van der Waals surface area (Å²) in [5, 5.41) is 4.41. The number of alkyl halides is 3. The lowest BCUT2D eigenvalue weighted by Crippen LogP contribution is -2.26. The lowest BCUT2D eigenvalue weighted by Gasteiger charge is -2.18. The van der Waals surface area contributed by atoms with Crippen LogP contribution in [0.2, 0.25) is 0 Å². The van der Waals surface area contributed by atoms with Crippen molar-refractivity contribution in [2.75, 3.05) is 7.05 Å². The summed E-state index contributed by atoms with van der Waals surface area (Å²) in [5.74, 6) is -0.209. The fourth-order valence-electron chi connectivity index (χ4n) is 3.00. The van der Waals surface area contributed by atoms with Crippen molar-refractivity contribution >= 4 is 5.91 Å². The van der Waals surface area contributed by atoms with Gasteiger partial charge in [-0.1, -0.05) is 12.1 Å². The molecule has 0 radical (unpaired) electrons. The van der Waals surface area contributed by atoms with E-state index in [0.29, 0.717) is 11.1 Å². The predicted octanol–water partition coefficient (Wildman–Crippen LogP) is 4.78. The molecular weight excluding hydrogens is 367 g/mol. The molecule has 1 heterocycles. The minimum absolute atomic E-state index is 0.209. The maximum atomic E-state index is 12.6. The molecule has 0 fully saturated rings. The van der Waals surface area contributed by atoms with Crippen LogP contribution in [0.25, 0.3) is 5.69 Å². The van der Waals surface area contributed by atoms with Gasteiger partial charge in [0.25, 0.3) is 5.91 Å². The van der Waals surface area contributed by atoms with Gasteiger partial charge in [0.05, 0.1) is 16.9 Å². The molecule has 3 rings (SSSR count). The molecule has 0 aliphatic rings. The Morgan fingerprint density at radius 2 is 1.64 bits per heavy atom. The van der Waals surface area contributed by atoms with Crippen molar-refractivity contribution in [1.82, 2.24) is 14.7 Å². The molecular formula is C21H20F3N3O. The van der Waals surface area contributed by atoms with Crippen molar-refractivity contribution in [3.8, 4) is 5.69 Å². The normalized spacial score (nSPS) is 11.5. The molecule has 2 aromatic carbocycles. The zero-order valence-corrected chi connectivity index (χ0v) is 15.8. The lowest BCUT2D eigenvalue weighted by atomic mass is 10.1. The van der Waals surface area contributed by atoms with Gasteiger partial charge in [0.1, 0.15) is 0 Å². The minimum Gasteiger partial charge on any atom is -0.337 e. The first kappa shape index (κ1) is 19.7. The predicted molar refractivity (Wildman–Crippen MR) is 100 cm³/mol. The third-order valence-corrected chi connectivity index (χ3v) is 4.42. The average Bonchev–Trinajstić information content (AvgIpc) is 2.99. The van der Waals surface area contributed by atoms with Crippen LogP contribution in [0.3, 0.4) is 0 Å². The highest BCUT2D eigenvalue weighted by molar-refractivity contribution is 5.94. The van der Waals surface area contributed by atoms with E-state index in [-0.39, 0.29) is 12.5 Å². The van der Waals surface area contributed by atoms with E-state index in [2.05, 4.69) is 5.10 Å². The monoisotopic (exact) mass is 387 g/mol. The fourth-order valence-corrected chi connectivity index (χ4v) is 3.00. The second-order valence-corrected chi connectivity index (χ2v) is 6.74. The van der Waals surface area contributed by atoms with Crippen LogP contribution in [0.1, 0.15) is 32.9 Å². The van der Waals surface area contributed by atoms with Crippen LogP contribution in [-0.2, 0) is 12.7 Å². The Labute approximate surface area is 161 Å². The van der Waals surface area contributed by atoms with E-state index in [1.54, 1.807) is 23.9 Å². The number of nitrogens with zero attached hydrogens (tertiary/aromatic N) is 3. The van der Waals surface area contributed by atoms with Crippen LogP contribution in [0.15, 0.2) is 54.6 Å². The number of hydrogen-bond acceptors (Lipinski definition) is 2. The van der Waals surface area contributed by atoms with Crippen LogP contribution < -0.4 is 0 Å². The summed E-state index contributed by atoms with van der Waals surface area (Å²) in [6.45, 7) is 4.09. The first-order valence-electron chi connectivity index (χ1n) is 8.70. The van der Waals surface area contributed by atoms with Crippen LogP contribution in [0.4, 0.5) is 13.2 Å². The SMILES string of the molecule is Cc1cc(C)n(-c2ccc(C(=O)N(C)Cc3ccc(C(F)(F)F)cc3)cc2)n1. The second-order valence-electron chi connectivity index (χ2n) is 6.74. The number of aryl methyl sites for hydroxylation is 2. The van der Waals surface area contributed by atoms with Gasteiger partial charge in [0.15, 0.2) is 0 Å². The Morgan fingerprint density at radius 3 is 2.14 bits per heavy atom. The van der Waals surface area contributed by atoms with Crippen molar-refractivity contribution in [2.24, 2.45) is 0 Å². The van der Waals surface area contributed by atoms with Crippen molar-refractivity contribution in [2.45, 2.75) is 26.6 Å². The third-order valence-electron chi connectivity index (χ3n) is 4.42. The molecule has 0 saturated carbocycles. The van der Waals surface area contributed by atoms with E-state index in [1.807, 2.05) is 32.0 Å². The summed E-state index contributed by atoms with van der Waals surface area (Å²) in [6.07, 6.45) is -4.37. The summed E-state index contributed by atoms with van der Waals surface area (Å²) in [6, 6.07) is 13.9. The molecule has 3 aromatic rings. The number of rotatable bonds is 4. The van der Waals surface area contributed by atoms with Gasteiger partial charge < -0.3 is 4.90 Å². The van der Waals surface area contributed by atoms with E-state index in [4.69, 9.17) is 0 Å². The molecule has 28 heavy (non-hydrogen) atoms. The van der Waals surface area contributed by atoms with Crippen LogP contribution in [0.5, 0.6) is 0 Å². The van der Waals surface area contributed by atoms with Gasteiger partial charge >= 0.3 is 6.18 Å². The first-order chi connectivity index (χ1) is 13.1. The van der Waals surface area contributed by atoms with E-state index >= 15 is 0 Å². The number of carbonyl (C=O) groups is 1. The van der Waals surface area contributed by atoms with Crippen LogP contribution in [-0.4, -0.2) is 27.6 Å². The summed E-state index contributed by atoms with van der Waals surface area (Å²) in [5.41, 5.74) is 3.19. The second kappa shape index (κ2) is 7.50. The molecule has 1 amide bonds. The van der Waals surface area contributed by atoms with E-state index in [9.17, 15) is 18.0 Å². The maximum absolute atomic E-state index is 12.6. The third kappa shape index (κ3) is 4.24. The van der Waals surface area contributed by atoms with E-state index in [1.165, 1.54) is 17.0 Å². The Hall–Kier alpha value is -3.09. The Bertz CT molecular complexity index is 974. The van der Waals surface area contributed by atoms with Crippen molar-refractivity contribution in [3.05, 3.63) is 82.7 Å². The minimum atomic E-state index is -4.37. The summed E-state index contributed by atoms with van der Waals surface area (Å²) < 4.78 is 39.7. The van der Waals surface area contributed by atoms with Gasteiger partial charge in [0.2, 0.25) is 0 Å². The number of halogens is 3. The molecule has 146 valence electrons. The smallest absolute Gasteiger partial charge is 0.337 e. The highest BCUT2D eigenvalue weighted by Crippen LogP contribution is 2.29. The Balaban J connectivity index is 1.70. The molecule has 0 unspecified atom stereocenters. The fraction of sp³-hybridized carbons (Fsp3) is 0.238. The molecule has 0 bridgehead atoms. The Morgan fingerprint density at radius 1 is 1.04 bits per heavy atom. The highest BCUT2D eigenvalue weighted by Gasteiger charge is 2.30. The van der Waals surface area contributed by atoms with E-state index < -0.39 is 11.7 Å². The molecule has 0 N–H and O–H groups in total. The van der Waals surface area contributed by atoms with Gasteiger partial charge in [-0.2, -0.15) is 18.3 Å². The van der Waals surface area contributed by atoms with Crippen molar-refractivity contribution in [3.63, 3.8) is 0 Å².